The summed E-state index contributed by atoms with van der Waals surface area (Å²) in [4.78, 5) is 4.24. The minimum Gasteiger partial charge on any atom is -0.496 e. The predicted molar refractivity (Wildman–Crippen MR) is 69.3 cm³/mol. The molecule has 2 rings (SSSR count). The number of anilines is 1. The summed E-state index contributed by atoms with van der Waals surface area (Å²) < 4.78 is 5.31. The van der Waals surface area contributed by atoms with Gasteiger partial charge in [-0.2, -0.15) is 0 Å². The molecule has 0 bridgehead atoms. The van der Waals surface area contributed by atoms with Gasteiger partial charge in [-0.3, -0.25) is 4.98 Å². The molecule has 0 radical (unpaired) electrons. The van der Waals surface area contributed by atoms with Crippen molar-refractivity contribution in [3.8, 4) is 5.75 Å². The van der Waals surface area contributed by atoms with Gasteiger partial charge in [0, 0.05) is 18.3 Å². The fourth-order valence-electron chi connectivity index (χ4n) is 1.71. The van der Waals surface area contributed by atoms with Gasteiger partial charge in [0.1, 0.15) is 5.75 Å². The Morgan fingerprint density at radius 3 is 2.76 bits per heavy atom. The largest absolute Gasteiger partial charge is 0.496 e. The van der Waals surface area contributed by atoms with Crippen molar-refractivity contribution in [1.29, 1.82) is 0 Å². The van der Waals surface area contributed by atoms with Gasteiger partial charge in [-0.1, -0.05) is 18.2 Å². The van der Waals surface area contributed by atoms with Crippen molar-refractivity contribution in [1.82, 2.24) is 4.98 Å². The first-order chi connectivity index (χ1) is 8.31. The van der Waals surface area contributed by atoms with Crippen LogP contribution in [0.5, 0.6) is 5.75 Å². The number of aromatic nitrogens is 1. The maximum absolute atomic E-state index is 5.31. The highest BCUT2D eigenvalue weighted by molar-refractivity contribution is 5.48. The zero-order valence-electron chi connectivity index (χ0n) is 10.1. The monoisotopic (exact) mass is 228 g/mol. The van der Waals surface area contributed by atoms with E-state index in [0.29, 0.717) is 0 Å². The normalized spacial score (nSPS) is 10.0. The van der Waals surface area contributed by atoms with Gasteiger partial charge in [0.25, 0.3) is 0 Å². The van der Waals surface area contributed by atoms with E-state index >= 15 is 0 Å². The van der Waals surface area contributed by atoms with Crippen molar-refractivity contribution in [2.45, 2.75) is 13.5 Å². The second-order valence-corrected chi connectivity index (χ2v) is 3.80. The lowest BCUT2D eigenvalue weighted by Gasteiger charge is -2.11. The topological polar surface area (TPSA) is 34.1 Å². The lowest BCUT2D eigenvalue weighted by Crippen LogP contribution is -2.03. The number of benzene rings is 1. The third kappa shape index (κ3) is 2.75. The summed E-state index contributed by atoms with van der Waals surface area (Å²) in [5.74, 6) is 0.904. The molecule has 0 saturated heterocycles. The number of rotatable bonds is 4. The first-order valence-electron chi connectivity index (χ1n) is 5.58. The molecule has 1 aromatic heterocycles. The Hall–Kier alpha value is -2.03. The molecule has 0 atom stereocenters. The molecule has 0 aliphatic heterocycles. The van der Waals surface area contributed by atoms with Crippen LogP contribution in [0.4, 0.5) is 5.69 Å². The summed E-state index contributed by atoms with van der Waals surface area (Å²) in [6.07, 6.45) is 1.80. The lowest BCUT2D eigenvalue weighted by molar-refractivity contribution is 0.410. The molecule has 3 nitrogen and oxygen atoms in total. The molecule has 1 aromatic carbocycles. The summed E-state index contributed by atoms with van der Waals surface area (Å²) in [6, 6.07) is 12.0. The Morgan fingerprint density at radius 1 is 1.18 bits per heavy atom. The molecule has 88 valence electrons. The molecule has 0 saturated carbocycles. The molecular formula is C14H16N2O. The Bertz CT molecular complexity index is 497. The molecule has 2 aromatic rings. The van der Waals surface area contributed by atoms with E-state index in [1.165, 1.54) is 0 Å². The van der Waals surface area contributed by atoms with Crippen LogP contribution >= 0.6 is 0 Å². The van der Waals surface area contributed by atoms with Gasteiger partial charge in [-0.15, -0.1) is 0 Å². The second kappa shape index (κ2) is 5.34. The molecule has 1 N–H and O–H groups in total. The van der Waals surface area contributed by atoms with Gasteiger partial charge < -0.3 is 10.1 Å². The number of ether oxygens (including phenoxy) is 1. The molecule has 0 fully saturated rings. The highest BCUT2D eigenvalue weighted by Crippen LogP contribution is 2.19. The lowest BCUT2D eigenvalue weighted by atomic mass is 10.2. The van der Waals surface area contributed by atoms with E-state index in [-0.39, 0.29) is 0 Å². The highest BCUT2D eigenvalue weighted by Gasteiger charge is 2.02. The number of hydrogen-bond acceptors (Lipinski definition) is 3. The van der Waals surface area contributed by atoms with Gasteiger partial charge in [0.05, 0.1) is 18.5 Å². The molecular weight excluding hydrogens is 212 g/mol. The summed E-state index contributed by atoms with van der Waals surface area (Å²) >= 11 is 0. The van der Waals surface area contributed by atoms with E-state index in [0.717, 1.165) is 29.2 Å². The zero-order valence-corrected chi connectivity index (χ0v) is 10.1. The first-order valence-corrected chi connectivity index (χ1v) is 5.58. The number of nitrogens with one attached hydrogen (secondary N) is 1. The van der Waals surface area contributed by atoms with E-state index in [9.17, 15) is 0 Å². The van der Waals surface area contributed by atoms with Crippen molar-refractivity contribution in [3.05, 3.63) is 53.9 Å². The van der Waals surface area contributed by atoms with Crippen LogP contribution in [-0.2, 0) is 6.54 Å². The molecule has 1 heterocycles. The van der Waals surface area contributed by atoms with Crippen molar-refractivity contribution < 1.29 is 4.74 Å². The fraction of sp³-hybridized carbons (Fsp3) is 0.214. The van der Waals surface area contributed by atoms with Crippen LogP contribution in [-0.4, -0.2) is 12.1 Å². The molecule has 0 amide bonds. The van der Waals surface area contributed by atoms with Crippen LogP contribution in [0, 0.1) is 6.92 Å². The molecule has 0 aliphatic rings. The quantitative estimate of drug-likeness (QED) is 0.873. The van der Waals surface area contributed by atoms with Crippen molar-refractivity contribution in [2.24, 2.45) is 0 Å². The van der Waals surface area contributed by atoms with E-state index in [1.807, 2.05) is 37.3 Å². The second-order valence-electron chi connectivity index (χ2n) is 3.80. The van der Waals surface area contributed by atoms with Crippen LogP contribution in [0.3, 0.4) is 0 Å². The van der Waals surface area contributed by atoms with Crippen LogP contribution in [0.15, 0.2) is 42.6 Å². The summed E-state index contributed by atoms with van der Waals surface area (Å²) in [5.41, 5.74) is 3.19. The molecule has 17 heavy (non-hydrogen) atoms. The predicted octanol–water partition coefficient (Wildman–Crippen LogP) is 3.01. The van der Waals surface area contributed by atoms with E-state index in [1.54, 1.807) is 13.3 Å². The van der Waals surface area contributed by atoms with E-state index < -0.39 is 0 Å². The van der Waals surface area contributed by atoms with Crippen molar-refractivity contribution >= 4 is 5.69 Å². The molecule has 0 spiro atoms. The highest BCUT2D eigenvalue weighted by atomic mass is 16.5. The third-order valence-corrected chi connectivity index (χ3v) is 2.67. The average molecular weight is 228 g/mol. The van der Waals surface area contributed by atoms with Crippen LogP contribution in [0.25, 0.3) is 0 Å². The smallest absolute Gasteiger partial charge is 0.123 e. The van der Waals surface area contributed by atoms with Crippen molar-refractivity contribution in [3.63, 3.8) is 0 Å². The Morgan fingerprint density at radius 2 is 2.00 bits per heavy atom. The van der Waals surface area contributed by atoms with E-state index in [4.69, 9.17) is 4.74 Å². The fourth-order valence-corrected chi connectivity index (χ4v) is 1.71. The van der Waals surface area contributed by atoms with E-state index in [2.05, 4.69) is 16.4 Å². The minimum absolute atomic E-state index is 0.733. The van der Waals surface area contributed by atoms with Crippen molar-refractivity contribution in [2.75, 3.05) is 12.4 Å². The third-order valence-electron chi connectivity index (χ3n) is 2.67. The van der Waals surface area contributed by atoms with Crippen LogP contribution in [0.1, 0.15) is 11.3 Å². The number of aryl methyl sites for hydroxylation is 1. The van der Waals surface area contributed by atoms with Gasteiger partial charge in [0.15, 0.2) is 0 Å². The molecule has 0 unspecified atom stereocenters. The van der Waals surface area contributed by atoms with Crippen LogP contribution < -0.4 is 10.1 Å². The maximum atomic E-state index is 5.31. The summed E-state index contributed by atoms with van der Waals surface area (Å²) in [5, 5.41) is 3.36. The average Bonchev–Trinajstić information content (AvgIpc) is 2.38. The Kier molecular flexibility index (Phi) is 3.60. The molecule has 3 heteroatoms. The summed E-state index contributed by atoms with van der Waals surface area (Å²) in [7, 11) is 1.69. The molecule has 0 aliphatic carbocycles. The minimum atomic E-state index is 0.733. The number of para-hydroxylation sites is 1. The Balaban J connectivity index is 2.10. The number of nitrogens with zero attached hydrogens (tertiary/aromatic N) is 1. The number of pyridine rings is 1. The number of hydrogen-bond donors (Lipinski definition) is 1. The Labute approximate surface area is 101 Å². The number of methoxy groups -OCH3 is 1. The van der Waals surface area contributed by atoms with Gasteiger partial charge >= 0.3 is 0 Å². The maximum Gasteiger partial charge on any atom is 0.123 e. The van der Waals surface area contributed by atoms with Gasteiger partial charge in [-0.25, -0.2) is 0 Å². The SMILES string of the molecule is COc1ccccc1CNc1cccnc1C. The van der Waals surface area contributed by atoms with Gasteiger partial charge in [-0.05, 0) is 25.1 Å². The zero-order chi connectivity index (χ0) is 12.1. The first kappa shape index (κ1) is 11.5. The standard InChI is InChI=1S/C14H16N2O/c1-11-13(7-5-9-15-11)16-10-12-6-3-4-8-14(12)17-2/h3-9,16H,10H2,1-2H3. The van der Waals surface area contributed by atoms with Gasteiger partial charge in [0.2, 0.25) is 0 Å². The summed E-state index contributed by atoms with van der Waals surface area (Å²) in [6.45, 7) is 2.72. The van der Waals surface area contributed by atoms with Crippen LogP contribution in [0.2, 0.25) is 0 Å².